The number of nitrogens with two attached hydrogens (primary N) is 1. The predicted octanol–water partition coefficient (Wildman–Crippen LogP) is -2.33. The molecule has 2 aromatic rings. The van der Waals surface area contributed by atoms with Crippen molar-refractivity contribution in [1.82, 2.24) is 5.32 Å². The number of rotatable bonds is 1. The Morgan fingerprint density at radius 2 is 1.84 bits per heavy atom. The Morgan fingerprint density at radius 1 is 1.12 bits per heavy atom. The molecule has 25 heavy (non-hydrogen) atoms. The molecule has 126 valence electrons. The van der Waals surface area contributed by atoms with Gasteiger partial charge in [-0.25, -0.2) is 15.3 Å². The van der Waals surface area contributed by atoms with Gasteiger partial charge in [-0.1, -0.05) is 29.8 Å². The minimum atomic E-state index is -1.13. The summed E-state index contributed by atoms with van der Waals surface area (Å²) in [6.07, 6.45) is 0. The number of carbonyl (C=O) groups excluding carboxylic acids is 1. The zero-order valence-corrected chi connectivity index (χ0v) is 14.1. The van der Waals surface area contributed by atoms with E-state index in [-0.39, 0.29) is 5.91 Å². The SMILES string of the molecule is Cc1ccc(NC2=[NH+][C@]3([NH+]=C(N)N2)C(=O)N(C)c2ccccc23)cc1. The number of fused-ring (bicyclic) bond motifs is 2. The lowest BCUT2D eigenvalue weighted by Crippen LogP contribution is -3.14. The Labute approximate surface area is 145 Å². The Kier molecular flexibility index (Phi) is 3.24. The van der Waals surface area contributed by atoms with Crippen LogP contribution in [0.5, 0.6) is 0 Å². The Morgan fingerprint density at radius 3 is 2.60 bits per heavy atom. The van der Waals surface area contributed by atoms with Gasteiger partial charge >= 0.3 is 23.5 Å². The van der Waals surface area contributed by atoms with Gasteiger partial charge in [0.05, 0.1) is 16.9 Å². The van der Waals surface area contributed by atoms with Gasteiger partial charge < -0.3 is 4.90 Å². The number of hydrogen-bond acceptors (Lipinski definition) is 4. The first-order valence-corrected chi connectivity index (χ1v) is 8.04. The molecule has 0 aromatic heterocycles. The Balaban J connectivity index is 1.78. The van der Waals surface area contributed by atoms with Gasteiger partial charge in [-0.15, -0.1) is 0 Å². The quantitative estimate of drug-likeness (QED) is 0.404. The van der Waals surface area contributed by atoms with E-state index in [9.17, 15) is 4.79 Å². The fraction of sp³-hybridized carbons (Fsp3) is 0.167. The highest BCUT2D eigenvalue weighted by atomic mass is 16.2. The largest absolute Gasteiger partial charge is 0.361 e. The number of carbonyl (C=O) groups is 1. The average molecular weight is 336 g/mol. The summed E-state index contributed by atoms with van der Waals surface area (Å²) >= 11 is 0. The maximum absolute atomic E-state index is 13.0. The van der Waals surface area contributed by atoms with Crippen LogP contribution in [0.15, 0.2) is 48.5 Å². The number of benzene rings is 2. The molecule has 2 aliphatic heterocycles. The highest BCUT2D eigenvalue weighted by Gasteiger charge is 2.55. The Bertz CT molecular complexity index is 917. The predicted molar refractivity (Wildman–Crippen MR) is 95.6 cm³/mol. The maximum Gasteiger partial charge on any atom is 0.361 e. The van der Waals surface area contributed by atoms with Crippen molar-refractivity contribution in [3.63, 3.8) is 0 Å². The molecule has 0 fully saturated rings. The normalized spacial score (nSPS) is 21.5. The number of amides is 1. The van der Waals surface area contributed by atoms with E-state index in [0.717, 1.165) is 16.9 Å². The number of likely N-dealkylation sites (N-methyl/N-ethyl adjacent to an activating group) is 1. The van der Waals surface area contributed by atoms with Gasteiger partial charge in [0.15, 0.2) is 0 Å². The first-order valence-electron chi connectivity index (χ1n) is 8.04. The molecule has 6 N–H and O–H groups in total. The van der Waals surface area contributed by atoms with Crippen LogP contribution >= 0.6 is 0 Å². The van der Waals surface area contributed by atoms with Gasteiger partial charge in [-0.2, -0.15) is 5.32 Å². The van der Waals surface area contributed by atoms with Crippen molar-refractivity contribution in [1.29, 1.82) is 0 Å². The van der Waals surface area contributed by atoms with Crippen LogP contribution in [0, 0.1) is 6.92 Å². The number of hydrogen-bond donors (Lipinski definition) is 5. The topological polar surface area (TPSA) is 98.3 Å². The first-order chi connectivity index (χ1) is 12.0. The van der Waals surface area contributed by atoms with Crippen LogP contribution in [0.4, 0.5) is 11.4 Å². The summed E-state index contributed by atoms with van der Waals surface area (Å²) in [7, 11) is 1.75. The van der Waals surface area contributed by atoms with E-state index in [4.69, 9.17) is 5.73 Å². The third-order valence-corrected chi connectivity index (χ3v) is 4.51. The van der Waals surface area contributed by atoms with Crippen molar-refractivity contribution < 1.29 is 14.8 Å². The van der Waals surface area contributed by atoms with Crippen LogP contribution in [-0.4, -0.2) is 24.9 Å². The summed E-state index contributed by atoms with van der Waals surface area (Å²) in [5.74, 6) is 0.715. The molecule has 0 radical (unpaired) electrons. The molecule has 0 bridgehead atoms. The van der Waals surface area contributed by atoms with Crippen molar-refractivity contribution in [2.24, 2.45) is 5.73 Å². The summed E-state index contributed by atoms with van der Waals surface area (Å²) in [5.41, 5.74) is 8.65. The number of nitrogens with one attached hydrogen (secondary N) is 4. The van der Waals surface area contributed by atoms with Crippen molar-refractivity contribution in [2.75, 3.05) is 17.3 Å². The lowest BCUT2D eigenvalue weighted by atomic mass is 10.0. The fourth-order valence-corrected chi connectivity index (χ4v) is 3.26. The zero-order chi connectivity index (χ0) is 17.6. The van der Waals surface area contributed by atoms with E-state index in [1.165, 1.54) is 5.56 Å². The van der Waals surface area contributed by atoms with Crippen LogP contribution in [-0.2, 0) is 10.5 Å². The maximum atomic E-state index is 13.0. The highest BCUT2D eigenvalue weighted by Crippen LogP contribution is 2.32. The van der Waals surface area contributed by atoms with Gasteiger partial charge in [-0.3, -0.25) is 10.5 Å². The van der Waals surface area contributed by atoms with Crippen molar-refractivity contribution in [3.05, 3.63) is 59.7 Å². The second-order valence-corrected chi connectivity index (χ2v) is 6.29. The molecule has 2 aliphatic rings. The standard InChI is InChI=1S/C18H18N6O/c1-11-7-9-12(10-8-11)20-17-21-16(19)22-18(23-17)13-5-3-4-6-14(13)24(2)15(18)25/h3-10H,1-2H3,(H4,19,20,21,22,23)/p+2/t18-/m0/s1. The molecule has 2 heterocycles. The second kappa shape index (κ2) is 5.34. The van der Waals surface area contributed by atoms with Gasteiger partial charge in [0, 0.05) is 7.05 Å². The van der Waals surface area contributed by atoms with E-state index < -0.39 is 5.66 Å². The number of nitrogens with zero attached hydrogens (tertiary/aromatic N) is 1. The van der Waals surface area contributed by atoms with Crippen molar-refractivity contribution in [2.45, 2.75) is 12.6 Å². The minimum Gasteiger partial charge on any atom is -0.308 e. The summed E-state index contributed by atoms with van der Waals surface area (Å²) < 4.78 is 0. The summed E-state index contributed by atoms with van der Waals surface area (Å²) in [6.45, 7) is 2.03. The van der Waals surface area contributed by atoms with Crippen LogP contribution in [0.1, 0.15) is 11.1 Å². The first kappa shape index (κ1) is 15.2. The Hall–Kier alpha value is -3.35. The van der Waals surface area contributed by atoms with E-state index in [1.54, 1.807) is 11.9 Å². The molecule has 0 unspecified atom stereocenters. The monoisotopic (exact) mass is 336 g/mol. The zero-order valence-electron chi connectivity index (χ0n) is 14.1. The molecular formula is C18H20N6O+2. The minimum absolute atomic E-state index is 0.124. The summed E-state index contributed by atoms with van der Waals surface area (Å²) in [6, 6.07) is 15.6. The third-order valence-electron chi connectivity index (χ3n) is 4.51. The highest BCUT2D eigenvalue weighted by molar-refractivity contribution is 6.07. The lowest BCUT2D eigenvalue weighted by Gasteiger charge is -2.22. The van der Waals surface area contributed by atoms with Crippen LogP contribution in [0.25, 0.3) is 0 Å². The van der Waals surface area contributed by atoms with Gasteiger partial charge in [0.1, 0.15) is 0 Å². The number of para-hydroxylation sites is 1. The summed E-state index contributed by atoms with van der Waals surface area (Å²) in [5, 5.41) is 6.24. The molecule has 1 atom stereocenters. The molecule has 4 rings (SSSR count). The van der Waals surface area contributed by atoms with Crippen LogP contribution in [0.3, 0.4) is 0 Å². The van der Waals surface area contributed by atoms with Crippen molar-refractivity contribution >= 4 is 29.2 Å². The molecular weight excluding hydrogens is 316 g/mol. The molecule has 0 saturated heterocycles. The number of anilines is 2. The van der Waals surface area contributed by atoms with Gasteiger partial charge in [0.25, 0.3) is 0 Å². The molecule has 0 saturated carbocycles. The molecule has 0 aliphatic carbocycles. The van der Waals surface area contributed by atoms with Crippen LogP contribution in [0.2, 0.25) is 0 Å². The van der Waals surface area contributed by atoms with Gasteiger partial charge in [-0.05, 0) is 31.2 Å². The molecule has 7 nitrogen and oxygen atoms in total. The van der Waals surface area contributed by atoms with E-state index >= 15 is 0 Å². The molecule has 1 amide bonds. The smallest absolute Gasteiger partial charge is 0.308 e. The van der Waals surface area contributed by atoms with Crippen molar-refractivity contribution in [3.8, 4) is 0 Å². The molecule has 2 aromatic carbocycles. The molecule has 1 spiro atoms. The van der Waals surface area contributed by atoms with E-state index in [2.05, 4.69) is 20.6 Å². The molecule has 7 heteroatoms. The number of aryl methyl sites for hydroxylation is 1. The van der Waals surface area contributed by atoms with Crippen LogP contribution < -0.4 is 31.3 Å². The second-order valence-electron chi connectivity index (χ2n) is 6.29. The summed E-state index contributed by atoms with van der Waals surface area (Å²) in [4.78, 5) is 20.9. The van der Waals surface area contributed by atoms with Gasteiger partial charge in [0.2, 0.25) is 0 Å². The lowest BCUT2D eigenvalue weighted by molar-refractivity contribution is -0.789. The van der Waals surface area contributed by atoms with E-state index in [0.29, 0.717) is 11.9 Å². The number of guanidine groups is 2. The van der Waals surface area contributed by atoms with E-state index in [1.807, 2.05) is 55.5 Å². The average Bonchev–Trinajstić information content (AvgIpc) is 2.79. The fourth-order valence-electron chi connectivity index (χ4n) is 3.26. The third kappa shape index (κ3) is 2.32.